The van der Waals surface area contributed by atoms with E-state index in [0.717, 1.165) is 37.3 Å². The van der Waals surface area contributed by atoms with Crippen LogP contribution in [-0.2, 0) is 6.42 Å². The Morgan fingerprint density at radius 1 is 1.18 bits per heavy atom. The smallest absolute Gasteiger partial charge is 0.181 e. The summed E-state index contributed by atoms with van der Waals surface area (Å²) in [7, 11) is 0. The minimum absolute atomic E-state index is 0.232. The molecule has 0 saturated carbocycles. The van der Waals surface area contributed by atoms with Gasteiger partial charge in [-0.15, -0.1) is 0 Å². The SMILES string of the molecule is Cc1cc(N2CCCC2)c2c(n1)C(=O)CCC2. The summed E-state index contributed by atoms with van der Waals surface area (Å²) in [4.78, 5) is 18.8. The van der Waals surface area contributed by atoms with Crippen molar-refractivity contribution in [3.63, 3.8) is 0 Å². The van der Waals surface area contributed by atoms with Gasteiger partial charge in [0.05, 0.1) is 0 Å². The van der Waals surface area contributed by atoms with Crippen molar-refractivity contribution in [1.82, 2.24) is 4.98 Å². The Bertz CT molecular complexity index is 462. The van der Waals surface area contributed by atoms with Crippen LogP contribution in [0.5, 0.6) is 0 Å². The molecule has 0 amide bonds. The molecule has 2 heterocycles. The molecule has 0 atom stereocenters. The number of nitrogens with zero attached hydrogens (tertiary/aromatic N) is 2. The van der Waals surface area contributed by atoms with Crippen LogP contribution in [0.4, 0.5) is 5.69 Å². The first-order chi connectivity index (χ1) is 8.25. The lowest BCUT2D eigenvalue weighted by molar-refractivity contribution is 0.0967. The van der Waals surface area contributed by atoms with Gasteiger partial charge in [-0.05, 0) is 38.7 Å². The molecule has 17 heavy (non-hydrogen) atoms. The molecule has 0 radical (unpaired) electrons. The topological polar surface area (TPSA) is 33.2 Å². The van der Waals surface area contributed by atoms with Gasteiger partial charge in [-0.2, -0.15) is 0 Å². The second-order valence-electron chi connectivity index (χ2n) is 5.08. The van der Waals surface area contributed by atoms with Crippen molar-refractivity contribution in [2.45, 2.75) is 39.0 Å². The zero-order valence-electron chi connectivity index (χ0n) is 10.3. The van der Waals surface area contributed by atoms with Crippen molar-refractivity contribution in [2.75, 3.05) is 18.0 Å². The number of hydrogen-bond acceptors (Lipinski definition) is 3. The van der Waals surface area contributed by atoms with Crippen molar-refractivity contribution in [3.8, 4) is 0 Å². The normalized spacial score (nSPS) is 19.6. The van der Waals surface area contributed by atoms with Crippen molar-refractivity contribution >= 4 is 11.5 Å². The van der Waals surface area contributed by atoms with E-state index in [2.05, 4.69) is 16.0 Å². The number of pyridine rings is 1. The van der Waals surface area contributed by atoms with Gasteiger partial charge in [0.1, 0.15) is 5.69 Å². The molecule has 0 aromatic carbocycles. The first-order valence-corrected chi connectivity index (χ1v) is 6.54. The van der Waals surface area contributed by atoms with Crippen LogP contribution < -0.4 is 4.90 Å². The van der Waals surface area contributed by atoms with Crippen molar-refractivity contribution in [1.29, 1.82) is 0 Å². The quantitative estimate of drug-likeness (QED) is 0.743. The van der Waals surface area contributed by atoms with E-state index in [1.807, 2.05) is 6.92 Å². The number of ketones is 1. The molecule has 3 heteroatoms. The lowest BCUT2D eigenvalue weighted by atomic mass is 9.93. The van der Waals surface area contributed by atoms with Crippen molar-refractivity contribution in [2.24, 2.45) is 0 Å². The third kappa shape index (κ3) is 1.84. The predicted octanol–water partition coefficient (Wildman–Crippen LogP) is 2.51. The molecular formula is C14H18N2O. The highest BCUT2D eigenvalue weighted by atomic mass is 16.1. The Hall–Kier alpha value is -1.38. The lowest BCUT2D eigenvalue weighted by Crippen LogP contribution is -2.23. The number of carbonyl (C=O) groups is 1. The molecule has 1 fully saturated rings. The minimum atomic E-state index is 0.232. The van der Waals surface area contributed by atoms with Gasteiger partial charge < -0.3 is 4.90 Å². The third-order valence-electron chi connectivity index (χ3n) is 3.77. The monoisotopic (exact) mass is 230 g/mol. The van der Waals surface area contributed by atoms with Crippen LogP contribution >= 0.6 is 0 Å². The molecule has 1 saturated heterocycles. The van der Waals surface area contributed by atoms with Crippen LogP contribution in [0.15, 0.2) is 6.07 Å². The van der Waals surface area contributed by atoms with Gasteiger partial charge in [-0.1, -0.05) is 0 Å². The molecule has 3 nitrogen and oxygen atoms in total. The predicted molar refractivity (Wildman–Crippen MR) is 67.7 cm³/mol. The second kappa shape index (κ2) is 4.13. The molecule has 1 aliphatic heterocycles. The highest BCUT2D eigenvalue weighted by molar-refractivity contribution is 5.98. The minimum Gasteiger partial charge on any atom is -0.371 e. The molecule has 90 valence electrons. The highest BCUT2D eigenvalue weighted by Gasteiger charge is 2.25. The fourth-order valence-corrected chi connectivity index (χ4v) is 2.94. The van der Waals surface area contributed by atoms with Crippen LogP contribution in [0, 0.1) is 6.92 Å². The molecule has 3 rings (SSSR count). The van der Waals surface area contributed by atoms with E-state index in [-0.39, 0.29) is 5.78 Å². The largest absolute Gasteiger partial charge is 0.371 e. The molecule has 1 aromatic rings. The first-order valence-electron chi connectivity index (χ1n) is 6.54. The Morgan fingerprint density at radius 2 is 1.94 bits per heavy atom. The summed E-state index contributed by atoms with van der Waals surface area (Å²) in [5, 5.41) is 0. The number of rotatable bonds is 1. The third-order valence-corrected chi connectivity index (χ3v) is 3.77. The van der Waals surface area contributed by atoms with E-state index in [0.29, 0.717) is 6.42 Å². The Labute approximate surface area is 102 Å². The van der Waals surface area contributed by atoms with Crippen molar-refractivity contribution in [3.05, 3.63) is 23.0 Å². The number of carbonyl (C=O) groups excluding carboxylic acids is 1. The van der Waals surface area contributed by atoms with E-state index in [4.69, 9.17) is 0 Å². The molecule has 0 spiro atoms. The first kappa shape index (κ1) is 10.8. The van der Waals surface area contributed by atoms with Crippen LogP contribution in [0.2, 0.25) is 0 Å². The number of fused-ring (bicyclic) bond motifs is 1. The molecule has 0 N–H and O–H groups in total. The van der Waals surface area contributed by atoms with E-state index in [9.17, 15) is 4.79 Å². The molecule has 2 aliphatic rings. The Morgan fingerprint density at radius 3 is 2.71 bits per heavy atom. The van der Waals surface area contributed by atoms with Gasteiger partial charge in [0, 0.05) is 36.5 Å². The van der Waals surface area contributed by atoms with E-state index >= 15 is 0 Å². The zero-order chi connectivity index (χ0) is 11.8. The van der Waals surface area contributed by atoms with Gasteiger partial charge in [0.25, 0.3) is 0 Å². The molecule has 1 aliphatic carbocycles. The van der Waals surface area contributed by atoms with Gasteiger partial charge in [0.15, 0.2) is 5.78 Å². The summed E-state index contributed by atoms with van der Waals surface area (Å²) < 4.78 is 0. The van der Waals surface area contributed by atoms with Crippen molar-refractivity contribution < 1.29 is 4.79 Å². The average Bonchev–Trinajstić information content (AvgIpc) is 2.83. The zero-order valence-corrected chi connectivity index (χ0v) is 10.3. The number of hydrogen-bond donors (Lipinski definition) is 0. The van der Waals surface area contributed by atoms with Crippen LogP contribution in [-0.4, -0.2) is 23.9 Å². The summed E-state index contributed by atoms with van der Waals surface area (Å²) in [6.45, 7) is 4.25. The van der Waals surface area contributed by atoms with Crippen LogP contribution in [0.1, 0.15) is 47.4 Å². The average molecular weight is 230 g/mol. The van der Waals surface area contributed by atoms with Gasteiger partial charge in [0.2, 0.25) is 0 Å². The maximum absolute atomic E-state index is 11.9. The summed E-state index contributed by atoms with van der Waals surface area (Å²) >= 11 is 0. The van der Waals surface area contributed by atoms with Gasteiger partial charge in [-0.3, -0.25) is 4.79 Å². The summed E-state index contributed by atoms with van der Waals surface area (Å²) in [6.07, 6.45) is 5.20. The van der Waals surface area contributed by atoms with Gasteiger partial charge in [-0.25, -0.2) is 4.98 Å². The Balaban J connectivity index is 2.10. The fraction of sp³-hybridized carbons (Fsp3) is 0.571. The second-order valence-corrected chi connectivity index (χ2v) is 5.08. The Kier molecular flexibility index (Phi) is 2.61. The van der Waals surface area contributed by atoms with E-state index in [1.165, 1.54) is 24.1 Å². The molecule has 0 bridgehead atoms. The van der Waals surface area contributed by atoms with E-state index in [1.54, 1.807) is 0 Å². The lowest BCUT2D eigenvalue weighted by Gasteiger charge is -2.25. The highest BCUT2D eigenvalue weighted by Crippen LogP contribution is 2.31. The number of anilines is 1. The number of aryl methyl sites for hydroxylation is 1. The molecular weight excluding hydrogens is 212 g/mol. The standard InChI is InChI=1S/C14H18N2O/c1-10-9-12(16-7-2-3-8-16)11-5-4-6-13(17)14(11)15-10/h9H,2-8H2,1H3. The fourth-order valence-electron chi connectivity index (χ4n) is 2.94. The summed E-state index contributed by atoms with van der Waals surface area (Å²) in [6, 6.07) is 2.16. The maximum atomic E-state index is 11.9. The van der Waals surface area contributed by atoms with E-state index < -0.39 is 0 Å². The number of aromatic nitrogens is 1. The molecule has 0 unspecified atom stereocenters. The van der Waals surface area contributed by atoms with Crippen LogP contribution in [0.3, 0.4) is 0 Å². The van der Waals surface area contributed by atoms with Gasteiger partial charge >= 0.3 is 0 Å². The van der Waals surface area contributed by atoms with Crippen LogP contribution in [0.25, 0.3) is 0 Å². The molecule has 1 aromatic heterocycles. The summed E-state index contributed by atoms with van der Waals surface area (Å²) in [5.41, 5.74) is 4.20. The number of Topliss-reactive ketones (excluding diaryl/α,β-unsaturated/α-hetero) is 1. The summed E-state index contributed by atoms with van der Waals surface area (Å²) in [5.74, 6) is 0.232. The maximum Gasteiger partial charge on any atom is 0.181 e.